The molecule has 0 spiro atoms. The molecule has 1 aliphatic carbocycles. The van der Waals surface area contributed by atoms with Crippen LogP contribution in [-0.4, -0.2) is 18.2 Å². The first-order valence-electron chi connectivity index (χ1n) is 4.98. The van der Waals surface area contributed by atoms with Crippen LogP contribution in [0.5, 0.6) is 0 Å². The Bertz CT molecular complexity index is 188. The summed E-state index contributed by atoms with van der Waals surface area (Å²) in [6, 6.07) is 0. The maximum absolute atomic E-state index is 6.00. The molecule has 1 saturated carbocycles. The summed E-state index contributed by atoms with van der Waals surface area (Å²) in [6.45, 7) is 5.28. The highest BCUT2D eigenvalue weighted by atomic mass is 16.5. The molecule has 0 radical (unpaired) electrons. The maximum Gasteiger partial charge on any atom is 0.0713 e. The lowest BCUT2D eigenvalue weighted by Gasteiger charge is -2.31. The van der Waals surface area contributed by atoms with Crippen molar-refractivity contribution >= 4 is 0 Å². The van der Waals surface area contributed by atoms with Crippen LogP contribution in [0.25, 0.3) is 0 Å². The van der Waals surface area contributed by atoms with E-state index in [0.717, 1.165) is 6.42 Å². The van der Waals surface area contributed by atoms with Crippen LogP contribution in [0, 0.1) is 5.41 Å². The van der Waals surface area contributed by atoms with Crippen molar-refractivity contribution in [1.82, 2.24) is 0 Å². The van der Waals surface area contributed by atoms with Crippen molar-refractivity contribution in [3.05, 3.63) is 0 Å². The summed E-state index contributed by atoms with van der Waals surface area (Å²) in [5, 5.41) is 0. The predicted octanol–water partition coefficient (Wildman–Crippen LogP) is 1.68. The molecule has 2 atom stereocenters. The van der Waals surface area contributed by atoms with E-state index in [1.807, 2.05) is 0 Å². The van der Waals surface area contributed by atoms with Gasteiger partial charge in [0.05, 0.1) is 11.7 Å². The van der Waals surface area contributed by atoms with Gasteiger partial charge in [0.25, 0.3) is 0 Å². The Balaban J connectivity index is 2.04. The molecule has 12 heavy (non-hydrogen) atoms. The topological polar surface area (TPSA) is 35.2 Å². The van der Waals surface area contributed by atoms with Gasteiger partial charge in [-0.05, 0) is 38.0 Å². The van der Waals surface area contributed by atoms with Gasteiger partial charge in [-0.1, -0.05) is 6.92 Å². The van der Waals surface area contributed by atoms with Crippen LogP contribution in [0.2, 0.25) is 0 Å². The summed E-state index contributed by atoms with van der Waals surface area (Å²) in [6.07, 6.45) is 5.35. The Morgan fingerprint density at radius 2 is 2.00 bits per heavy atom. The van der Waals surface area contributed by atoms with E-state index in [9.17, 15) is 0 Å². The lowest BCUT2D eigenvalue weighted by atomic mass is 9.85. The highest BCUT2D eigenvalue weighted by molar-refractivity contribution is 5.06. The molecule has 1 heterocycles. The molecule has 2 fully saturated rings. The Kier molecular flexibility index (Phi) is 1.74. The molecule has 2 nitrogen and oxygen atoms in total. The van der Waals surface area contributed by atoms with Gasteiger partial charge in [0.1, 0.15) is 0 Å². The normalized spacial score (nSPS) is 44.8. The van der Waals surface area contributed by atoms with E-state index >= 15 is 0 Å². The average Bonchev–Trinajstić information content (AvgIpc) is 2.66. The molecule has 0 amide bonds. The first-order valence-corrected chi connectivity index (χ1v) is 4.98. The largest absolute Gasteiger partial charge is 0.370 e. The van der Waals surface area contributed by atoms with E-state index in [1.165, 1.54) is 19.3 Å². The zero-order valence-electron chi connectivity index (χ0n) is 8.10. The van der Waals surface area contributed by atoms with Gasteiger partial charge in [0.15, 0.2) is 0 Å². The highest BCUT2D eigenvalue weighted by Gasteiger charge is 2.56. The van der Waals surface area contributed by atoms with Gasteiger partial charge >= 0.3 is 0 Å². The van der Waals surface area contributed by atoms with Crippen molar-refractivity contribution in [2.75, 3.05) is 6.54 Å². The first kappa shape index (κ1) is 8.52. The highest BCUT2D eigenvalue weighted by Crippen LogP contribution is 2.59. The Morgan fingerprint density at radius 1 is 1.33 bits per heavy atom. The third-order valence-electron chi connectivity index (χ3n) is 3.91. The molecule has 70 valence electrons. The summed E-state index contributed by atoms with van der Waals surface area (Å²) >= 11 is 0. The van der Waals surface area contributed by atoms with E-state index in [0.29, 0.717) is 18.1 Å². The lowest BCUT2D eigenvalue weighted by molar-refractivity contribution is -0.0691. The quantitative estimate of drug-likeness (QED) is 0.682. The van der Waals surface area contributed by atoms with Gasteiger partial charge in [-0.25, -0.2) is 0 Å². The van der Waals surface area contributed by atoms with E-state index in [4.69, 9.17) is 10.5 Å². The second-order valence-electron chi connectivity index (χ2n) is 4.81. The Morgan fingerprint density at radius 3 is 2.42 bits per heavy atom. The second kappa shape index (κ2) is 2.46. The van der Waals surface area contributed by atoms with Crippen molar-refractivity contribution in [2.45, 2.75) is 51.2 Å². The molecule has 0 bridgehead atoms. The fourth-order valence-electron chi connectivity index (χ4n) is 2.25. The van der Waals surface area contributed by atoms with E-state index in [2.05, 4.69) is 13.8 Å². The zero-order chi connectivity index (χ0) is 8.82. The van der Waals surface area contributed by atoms with Gasteiger partial charge in [-0.3, -0.25) is 0 Å². The molecule has 2 N–H and O–H groups in total. The van der Waals surface area contributed by atoms with Gasteiger partial charge in [-0.2, -0.15) is 0 Å². The zero-order valence-corrected chi connectivity index (χ0v) is 8.10. The predicted molar refractivity (Wildman–Crippen MR) is 48.9 cm³/mol. The van der Waals surface area contributed by atoms with E-state index in [-0.39, 0.29) is 5.60 Å². The summed E-state index contributed by atoms with van der Waals surface area (Å²) in [5.41, 5.74) is 6.20. The fourth-order valence-corrected chi connectivity index (χ4v) is 2.25. The van der Waals surface area contributed by atoms with E-state index in [1.54, 1.807) is 0 Å². The van der Waals surface area contributed by atoms with Gasteiger partial charge in [-0.15, -0.1) is 0 Å². The molecule has 0 aromatic carbocycles. The average molecular weight is 169 g/mol. The lowest BCUT2D eigenvalue weighted by Crippen LogP contribution is -2.35. The van der Waals surface area contributed by atoms with Crippen LogP contribution in [0.1, 0.15) is 39.5 Å². The minimum atomic E-state index is 0.136. The molecule has 0 aromatic rings. The Labute approximate surface area is 74.5 Å². The SMILES string of the molecule is CC1(C2(C)CCC(CN)O2)CC1. The van der Waals surface area contributed by atoms with Crippen LogP contribution in [0.15, 0.2) is 0 Å². The fraction of sp³-hybridized carbons (Fsp3) is 1.00. The third kappa shape index (κ3) is 1.09. The molecule has 2 heteroatoms. The molecular weight excluding hydrogens is 150 g/mol. The molecule has 2 unspecified atom stereocenters. The minimum Gasteiger partial charge on any atom is -0.370 e. The number of nitrogens with two attached hydrogens (primary N) is 1. The van der Waals surface area contributed by atoms with Crippen LogP contribution < -0.4 is 5.73 Å². The molecule has 1 saturated heterocycles. The standard InChI is InChI=1S/C10H19NO/c1-9(5-6-9)10(2)4-3-8(7-11)12-10/h8H,3-7,11H2,1-2H3. The summed E-state index contributed by atoms with van der Waals surface area (Å²) in [7, 11) is 0. The maximum atomic E-state index is 6.00. The van der Waals surface area contributed by atoms with Crippen LogP contribution in [-0.2, 0) is 4.74 Å². The number of rotatable bonds is 2. The number of ether oxygens (including phenoxy) is 1. The van der Waals surface area contributed by atoms with Crippen LogP contribution in [0.3, 0.4) is 0 Å². The van der Waals surface area contributed by atoms with Gasteiger partial charge in [0, 0.05) is 6.54 Å². The minimum absolute atomic E-state index is 0.136. The van der Waals surface area contributed by atoms with Crippen molar-refractivity contribution in [2.24, 2.45) is 11.1 Å². The molecular formula is C10H19NO. The second-order valence-corrected chi connectivity index (χ2v) is 4.81. The molecule has 2 aliphatic rings. The summed E-state index contributed by atoms with van der Waals surface area (Å²) in [5.74, 6) is 0. The van der Waals surface area contributed by atoms with Gasteiger partial charge in [0.2, 0.25) is 0 Å². The number of hydrogen-bond acceptors (Lipinski definition) is 2. The molecule has 0 aromatic heterocycles. The van der Waals surface area contributed by atoms with Crippen LogP contribution in [0.4, 0.5) is 0 Å². The molecule has 1 aliphatic heterocycles. The molecule has 2 rings (SSSR count). The summed E-state index contributed by atoms with van der Waals surface area (Å²) in [4.78, 5) is 0. The Hall–Kier alpha value is -0.0800. The summed E-state index contributed by atoms with van der Waals surface area (Å²) < 4.78 is 6.00. The van der Waals surface area contributed by atoms with Crippen molar-refractivity contribution in [1.29, 1.82) is 0 Å². The number of hydrogen-bond donors (Lipinski definition) is 1. The van der Waals surface area contributed by atoms with Crippen molar-refractivity contribution < 1.29 is 4.74 Å². The van der Waals surface area contributed by atoms with Crippen LogP contribution >= 0.6 is 0 Å². The third-order valence-corrected chi connectivity index (χ3v) is 3.91. The van der Waals surface area contributed by atoms with Crippen molar-refractivity contribution in [3.63, 3.8) is 0 Å². The monoisotopic (exact) mass is 169 g/mol. The van der Waals surface area contributed by atoms with Gasteiger partial charge < -0.3 is 10.5 Å². The smallest absolute Gasteiger partial charge is 0.0713 e. The van der Waals surface area contributed by atoms with E-state index < -0.39 is 0 Å². The van der Waals surface area contributed by atoms with Crippen molar-refractivity contribution in [3.8, 4) is 0 Å². The first-order chi connectivity index (χ1) is 5.60.